The van der Waals surface area contributed by atoms with Crippen LogP contribution in [-0.4, -0.2) is 31.4 Å². The lowest BCUT2D eigenvalue weighted by atomic mass is 10.1. The lowest BCUT2D eigenvalue weighted by Gasteiger charge is -2.16. The van der Waals surface area contributed by atoms with E-state index in [-0.39, 0.29) is 33.7 Å². The van der Waals surface area contributed by atoms with E-state index in [1.165, 1.54) is 37.5 Å². The molecule has 6 nitrogen and oxygen atoms in total. The molecule has 0 spiro atoms. The Balaban J connectivity index is 1.86. The summed E-state index contributed by atoms with van der Waals surface area (Å²) in [5.41, 5.74) is -0.731. The van der Waals surface area contributed by atoms with E-state index in [9.17, 15) is 22.4 Å². The van der Waals surface area contributed by atoms with E-state index in [1.807, 2.05) is 0 Å². The van der Waals surface area contributed by atoms with Crippen molar-refractivity contribution in [2.24, 2.45) is 4.99 Å². The fourth-order valence-electron chi connectivity index (χ4n) is 2.68. The van der Waals surface area contributed by atoms with Crippen molar-refractivity contribution in [3.63, 3.8) is 0 Å². The third kappa shape index (κ3) is 5.39. The van der Waals surface area contributed by atoms with Crippen LogP contribution in [0.5, 0.6) is 17.2 Å². The second kappa shape index (κ2) is 9.74. The van der Waals surface area contributed by atoms with E-state index in [0.29, 0.717) is 11.6 Å². The second-order valence-corrected chi connectivity index (χ2v) is 7.31. The molecular weight excluding hydrogens is 450 g/mol. The number of methoxy groups -OCH3 is 1. The molecule has 32 heavy (non-hydrogen) atoms. The van der Waals surface area contributed by atoms with Crippen molar-refractivity contribution < 1.29 is 31.8 Å². The Morgan fingerprint density at radius 1 is 1.19 bits per heavy atom. The molecule has 0 saturated heterocycles. The van der Waals surface area contributed by atoms with Gasteiger partial charge in [0.1, 0.15) is 12.4 Å². The molecule has 1 amide bonds. The van der Waals surface area contributed by atoms with Crippen LogP contribution in [0, 0.1) is 11.3 Å². The minimum atomic E-state index is -4.73. The third-order valence-corrected chi connectivity index (χ3v) is 5.05. The number of nitrogens with zero attached hydrogens (tertiary/aromatic N) is 2. The maximum atomic E-state index is 13.4. The number of ether oxygens (including phenoxy) is 2. The van der Waals surface area contributed by atoms with Gasteiger partial charge in [-0.2, -0.15) is 23.4 Å². The Kier molecular flexibility index (Phi) is 7.05. The number of nitriles is 1. The molecule has 3 rings (SSSR count). The number of amidine groups is 1. The highest BCUT2D eigenvalue weighted by Crippen LogP contribution is 2.41. The number of aliphatic imine (C=N–C) groups is 1. The minimum Gasteiger partial charge on any atom is -0.493 e. The van der Waals surface area contributed by atoms with Crippen LogP contribution in [-0.2, 0) is 11.0 Å². The largest absolute Gasteiger partial charge is 0.493 e. The number of hydrogen-bond acceptors (Lipinski definition) is 6. The number of alkyl halides is 4. The van der Waals surface area contributed by atoms with Gasteiger partial charge in [0.05, 0.1) is 29.2 Å². The van der Waals surface area contributed by atoms with E-state index >= 15 is 0 Å². The Morgan fingerprint density at radius 3 is 2.59 bits per heavy atom. The quantitative estimate of drug-likeness (QED) is 0.482. The summed E-state index contributed by atoms with van der Waals surface area (Å²) >= 11 is 1.04. The van der Waals surface area contributed by atoms with Crippen LogP contribution >= 0.6 is 11.8 Å². The standard InChI is InChI=1S/C21H15F4N3O3S/c1-30-17-9-12(10-18-19(29)28-20(32-18)27-7-6-22)2-5-16(17)31-15-4-3-13(11-26)8-14(15)21(23,24)25/h2-5,8-10H,6-7H2,1H3,(H,27,28,29). The average Bonchev–Trinajstić information content (AvgIpc) is 3.11. The molecule has 1 aliphatic heterocycles. The van der Waals surface area contributed by atoms with Crippen LogP contribution in [0.1, 0.15) is 16.7 Å². The highest BCUT2D eigenvalue weighted by Gasteiger charge is 2.35. The van der Waals surface area contributed by atoms with Crippen molar-refractivity contribution in [1.82, 2.24) is 5.32 Å². The number of thioether (sulfide) groups is 1. The molecule has 1 aliphatic rings. The molecular formula is C21H15F4N3O3S. The lowest BCUT2D eigenvalue weighted by Crippen LogP contribution is -2.21. The van der Waals surface area contributed by atoms with Crippen molar-refractivity contribution in [2.75, 3.05) is 20.3 Å². The fourth-order valence-corrected chi connectivity index (χ4v) is 3.52. The molecule has 0 radical (unpaired) electrons. The van der Waals surface area contributed by atoms with Crippen molar-refractivity contribution in [1.29, 1.82) is 5.26 Å². The summed E-state index contributed by atoms with van der Waals surface area (Å²) in [5, 5.41) is 11.8. The summed E-state index contributed by atoms with van der Waals surface area (Å²) in [5.74, 6) is -0.844. The number of benzene rings is 2. The van der Waals surface area contributed by atoms with Crippen LogP contribution in [0.4, 0.5) is 17.6 Å². The van der Waals surface area contributed by atoms with Gasteiger partial charge in [0.25, 0.3) is 5.91 Å². The van der Waals surface area contributed by atoms with Crippen LogP contribution in [0.15, 0.2) is 46.3 Å². The van der Waals surface area contributed by atoms with Crippen molar-refractivity contribution in [3.05, 3.63) is 58.0 Å². The van der Waals surface area contributed by atoms with Crippen molar-refractivity contribution >= 4 is 28.9 Å². The summed E-state index contributed by atoms with van der Waals surface area (Å²) in [7, 11) is 1.32. The molecule has 0 bridgehead atoms. The molecule has 0 unspecified atom stereocenters. The number of hydrogen-bond donors (Lipinski definition) is 1. The molecule has 11 heteroatoms. The molecule has 0 saturated carbocycles. The van der Waals surface area contributed by atoms with Gasteiger partial charge in [0, 0.05) is 6.54 Å². The Morgan fingerprint density at radius 2 is 1.94 bits per heavy atom. The topological polar surface area (TPSA) is 83.7 Å². The van der Waals surface area contributed by atoms with Crippen molar-refractivity contribution in [3.8, 4) is 23.3 Å². The van der Waals surface area contributed by atoms with E-state index in [2.05, 4.69) is 10.3 Å². The van der Waals surface area contributed by atoms with Crippen molar-refractivity contribution in [2.45, 2.75) is 6.18 Å². The highest BCUT2D eigenvalue weighted by atomic mass is 32.2. The first-order valence-electron chi connectivity index (χ1n) is 9.04. The smallest absolute Gasteiger partial charge is 0.420 e. The lowest BCUT2D eigenvalue weighted by molar-refractivity contribution is -0.138. The van der Waals surface area contributed by atoms with E-state index in [0.717, 1.165) is 17.8 Å². The monoisotopic (exact) mass is 465 g/mol. The maximum absolute atomic E-state index is 13.4. The summed E-state index contributed by atoms with van der Waals surface area (Å²) in [6, 6.07) is 9.07. The maximum Gasteiger partial charge on any atom is 0.420 e. The fraction of sp³-hybridized carbons (Fsp3) is 0.190. The molecule has 0 aliphatic carbocycles. The van der Waals surface area contributed by atoms with E-state index in [1.54, 1.807) is 6.07 Å². The zero-order chi connectivity index (χ0) is 23.3. The van der Waals surface area contributed by atoms with Gasteiger partial charge in [-0.15, -0.1) is 0 Å². The third-order valence-electron chi connectivity index (χ3n) is 4.11. The number of nitrogens with one attached hydrogen (secondary N) is 1. The molecule has 2 aromatic carbocycles. The van der Waals surface area contributed by atoms with Crippen LogP contribution in [0.2, 0.25) is 0 Å². The van der Waals surface area contributed by atoms with E-state index < -0.39 is 30.1 Å². The van der Waals surface area contributed by atoms with Gasteiger partial charge in [0.2, 0.25) is 0 Å². The van der Waals surface area contributed by atoms with Gasteiger partial charge < -0.3 is 14.8 Å². The molecule has 2 aromatic rings. The predicted molar refractivity (Wildman–Crippen MR) is 111 cm³/mol. The zero-order valence-electron chi connectivity index (χ0n) is 16.5. The number of amides is 1. The van der Waals surface area contributed by atoms with Gasteiger partial charge in [-0.3, -0.25) is 4.79 Å². The van der Waals surface area contributed by atoms with Gasteiger partial charge in [-0.1, -0.05) is 6.07 Å². The number of carbonyl (C=O) groups is 1. The highest BCUT2D eigenvalue weighted by molar-refractivity contribution is 8.18. The summed E-state index contributed by atoms with van der Waals surface area (Å²) < 4.78 is 63.1. The molecule has 0 atom stereocenters. The van der Waals surface area contributed by atoms with Gasteiger partial charge >= 0.3 is 6.18 Å². The Hall–Kier alpha value is -3.52. The van der Waals surface area contributed by atoms with Crippen LogP contribution in [0.25, 0.3) is 6.08 Å². The van der Waals surface area contributed by atoms with Gasteiger partial charge in [0.15, 0.2) is 16.7 Å². The zero-order valence-corrected chi connectivity index (χ0v) is 17.3. The van der Waals surface area contributed by atoms with Crippen LogP contribution in [0.3, 0.4) is 0 Å². The van der Waals surface area contributed by atoms with Gasteiger partial charge in [-0.25, -0.2) is 4.39 Å². The Bertz CT molecular complexity index is 1140. The normalized spacial score (nSPS) is 14.8. The van der Waals surface area contributed by atoms with Crippen LogP contribution < -0.4 is 14.8 Å². The SMILES string of the molecule is COc1cc(C=C2SC(NCCF)=NC2=O)ccc1Oc1ccc(C#N)cc1C(F)(F)F. The molecule has 1 N–H and O–H groups in total. The number of rotatable bonds is 6. The first-order valence-corrected chi connectivity index (χ1v) is 9.86. The van der Waals surface area contributed by atoms with E-state index in [4.69, 9.17) is 14.7 Å². The summed E-state index contributed by atoms with van der Waals surface area (Å²) in [6.07, 6.45) is -3.20. The summed E-state index contributed by atoms with van der Waals surface area (Å²) in [4.78, 5) is 16.1. The van der Waals surface area contributed by atoms with Gasteiger partial charge in [-0.05, 0) is 53.7 Å². The molecule has 0 aromatic heterocycles. The molecule has 0 fully saturated rings. The summed E-state index contributed by atoms with van der Waals surface area (Å²) in [6.45, 7) is -0.581. The second-order valence-electron chi connectivity index (χ2n) is 6.28. The Labute approximate surface area is 184 Å². The minimum absolute atomic E-state index is 0.0109. The first-order chi connectivity index (χ1) is 15.2. The first kappa shape index (κ1) is 23.1. The average molecular weight is 465 g/mol. The number of carbonyl (C=O) groups excluding carboxylic acids is 1. The molecule has 166 valence electrons. The number of halogens is 4. The predicted octanol–water partition coefficient (Wildman–Crippen LogP) is 4.91. The molecule has 1 heterocycles.